The third kappa shape index (κ3) is 4.07. The summed E-state index contributed by atoms with van der Waals surface area (Å²) in [6, 6.07) is 4.70. The van der Waals surface area contributed by atoms with E-state index in [0.717, 1.165) is 19.6 Å². The summed E-state index contributed by atoms with van der Waals surface area (Å²) < 4.78 is 14.0. The Morgan fingerprint density at radius 1 is 1.39 bits per heavy atom. The SMILES string of the molecule is CCN(CC)CCNC(=O)c1cccc(Br)c1F. The smallest absolute Gasteiger partial charge is 0.254 e. The molecule has 0 unspecified atom stereocenters. The summed E-state index contributed by atoms with van der Waals surface area (Å²) in [7, 11) is 0. The number of rotatable bonds is 6. The fraction of sp³-hybridized carbons (Fsp3) is 0.462. The molecule has 0 saturated carbocycles. The van der Waals surface area contributed by atoms with Gasteiger partial charge in [0.1, 0.15) is 5.82 Å². The number of hydrogen-bond donors (Lipinski definition) is 1. The molecule has 1 rings (SSSR count). The Hall–Kier alpha value is -0.940. The first-order valence-corrected chi connectivity index (χ1v) is 6.84. The van der Waals surface area contributed by atoms with Gasteiger partial charge < -0.3 is 10.2 Å². The van der Waals surface area contributed by atoms with Gasteiger partial charge in [0.15, 0.2) is 0 Å². The van der Waals surface area contributed by atoms with Crippen molar-refractivity contribution in [2.24, 2.45) is 0 Å². The molecule has 1 amide bonds. The minimum Gasteiger partial charge on any atom is -0.351 e. The highest BCUT2D eigenvalue weighted by molar-refractivity contribution is 9.10. The van der Waals surface area contributed by atoms with Gasteiger partial charge in [-0.3, -0.25) is 4.79 Å². The van der Waals surface area contributed by atoms with Crippen molar-refractivity contribution in [3.05, 3.63) is 34.1 Å². The van der Waals surface area contributed by atoms with Crippen LogP contribution in [0.5, 0.6) is 0 Å². The summed E-state index contributed by atoms with van der Waals surface area (Å²) in [6.45, 7) is 7.31. The Bertz CT molecular complexity index is 408. The summed E-state index contributed by atoms with van der Waals surface area (Å²) in [5.41, 5.74) is 0.0731. The van der Waals surface area contributed by atoms with Crippen LogP contribution in [0.3, 0.4) is 0 Å². The molecule has 100 valence electrons. The summed E-state index contributed by atoms with van der Waals surface area (Å²) in [5, 5.41) is 2.72. The van der Waals surface area contributed by atoms with E-state index in [1.165, 1.54) is 6.07 Å². The second kappa shape index (κ2) is 7.48. The van der Waals surface area contributed by atoms with Gasteiger partial charge in [-0.05, 0) is 41.2 Å². The average molecular weight is 317 g/mol. The Balaban J connectivity index is 2.53. The summed E-state index contributed by atoms with van der Waals surface area (Å²) in [6.07, 6.45) is 0. The number of nitrogens with zero attached hydrogens (tertiary/aromatic N) is 1. The lowest BCUT2D eigenvalue weighted by molar-refractivity contribution is 0.0944. The summed E-state index contributed by atoms with van der Waals surface area (Å²) in [5.74, 6) is -0.890. The molecule has 0 aliphatic heterocycles. The molecule has 0 atom stereocenters. The molecular formula is C13H18BrFN2O. The monoisotopic (exact) mass is 316 g/mol. The molecule has 0 spiro atoms. The second-order valence-electron chi connectivity index (χ2n) is 3.88. The summed E-state index contributed by atoms with van der Waals surface area (Å²) >= 11 is 3.06. The number of carbonyl (C=O) groups is 1. The lowest BCUT2D eigenvalue weighted by Crippen LogP contribution is -2.35. The molecule has 0 bridgehead atoms. The van der Waals surface area contributed by atoms with Gasteiger partial charge in [0.05, 0.1) is 10.0 Å². The third-order valence-corrected chi connectivity index (χ3v) is 3.42. The van der Waals surface area contributed by atoms with Gasteiger partial charge in [0.25, 0.3) is 5.91 Å². The molecule has 1 aromatic carbocycles. The van der Waals surface area contributed by atoms with Gasteiger partial charge in [-0.2, -0.15) is 0 Å². The van der Waals surface area contributed by atoms with Crippen LogP contribution in [0.4, 0.5) is 4.39 Å². The Morgan fingerprint density at radius 2 is 2.06 bits per heavy atom. The maximum atomic E-state index is 13.7. The first kappa shape index (κ1) is 15.1. The van der Waals surface area contributed by atoms with Gasteiger partial charge in [-0.25, -0.2) is 4.39 Å². The highest BCUT2D eigenvalue weighted by atomic mass is 79.9. The fourth-order valence-corrected chi connectivity index (χ4v) is 2.01. The number of likely N-dealkylation sites (N-methyl/N-ethyl adjacent to an activating group) is 1. The molecule has 5 heteroatoms. The van der Waals surface area contributed by atoms with Gasteiger partial charge in [0.2, 0.25) is 0 Å². The van der Waals surface area contributed by atoms with Crippen molar-refractivity contribution < 1.29 is 9.18 Å². The second-order valence-corrected chi connectivity index (χ2v) is 4.74. The van der Waals surface area contributed by atoms with Crippen LogP contribution in [0.25, 0.3) is 0 Å². The van der Waals surface area contributed by atoms with E-state index >= 15 is 0 Å². The van der Waals surface area contributed by atoms with Crippen molar-refractivity contribution in [2.45, 2.75) is 13.8 Å². The van der Waals surface area contributed by atoms with Crippen molar-refractivity contribution in [3.63, 3.8) is 0 Å². The average Bonchev–Trinajstić information content (AvgIpc) is 2.37. The highest BCUT2D eigenvalue weighted by Crippen LogP contribution is 2.18. The Morgan fingerprint density at radius 3 is 2.67 bits per heavy atom. The zero-order chi connectivity index (χ0) is 13.5. The van der Waals surface area contributed by atoms with Crippen molar-refractivity contribution in [2.75, 3.05) is 26.2 Å². The highest BCUT2D eigenvalue weighted by Gasteiger charge is 2.13. The van der Waals surface area contributed by atoms with Gasteiger partial charge >= 0.3 is 0 Å². The molecule has 1 N–H and O–H groups in total. The predicted octanol–water partition coefficient (Wildman–Crippen LogP) is 2.66. The van der Waals surface area contributed by atoms with Gasteiger partial charge in [-0.1, -0.05) is 19.9 Å². The van der Waals surface area contributed by atoms with Crippen LogP contribution in [0.15, 0.2) is 22.7 Å². The Kier molecular flexibility index (Phi) is 6.29. The number of halogens is 2. The molecule has 0 aromatic heterocycles. The zero-order valence-electron chi connectivity index (χ0n) is 10.7. The Labute approximate surface area is 115 Å². The molecule has 0 heterocycles. The van der Waals surface area contributed by atoms with E-state index in [9.17, 15) is 9.18 Å². The lowest BCUT2D eigenvalue weighted by atomic mass is 10.2. The normalized spacial score (nSPS) is 10.7. The third-order valence-electron chi connectivity index (χ3n) is 2.80. The zero-order valence-corrected chi connectivity index (χ0v) is 12.3. The largest absolute Gasteiger partial charge is 0.351 e. The van der Waals surface area contributed by atoms with Crippen LogP contribution >= 0.6 is 15.9 Å². The van der Waals surface area contributed by atoms with E-state index < -0.39 is 5.82 Å². The van der Waals surface area contributed by atoms with Gasteiger partial charge in [-0.15, -0.1) is 0 Å². The van der Waals surface area contributed by atoms with Crippen LogP contribution in [-0.4, -0.2) is 37.0 Å². The lowest BCUT2D eigenvalue weighted by Gasteiger charge is -2.18. The molecule has 1 aromatic rings. The molecular weight excluding hydrogens is 299 g/mol. The molecule has 0 saturated heterocycles. The van der Waals surface area contributed by atoms with E-state index in [1.807, 2.05) is 0 Å². The van der Waals surface area contributed by atoms with Crippen molar-refractivity contribution in [1.82, 2.24) is 10.2 Å². The molecule has 3 nitrogen and oxygen atoms in total. The van der Waals surface area contributed by atoms with Gasteiger partial charge in [0, 0.05) is 13.1 Å². The number of nitrogens with one attached hydrogen (secondary N) is 1. The molecule has 0 radical (unpaired) electrons. The molecule has 0 aliphatic rings. The van der Waals surface area contributed by atoms with E-state index in [-0.39, 0.29) is 11.5 Å². The predicted molar refractivity (Wildman–Crippen MR) is 74.2 cm³/mol. The van der Waals surface area contributed by atoms with Crippen LogP contribution in [0.1, 0.15) is 24.2 Å². The fourth-order valence-electron chi connectivity index (χ4n) is 1.64. The summed E-state index contributed by atoms with van der Waals surface area (Å²) in [4.78, 5) is 14.0. The van der Waals surface area contributed by atoms with Crippen molar-refractivity contribution >= 4 is 21.8 Å². The maximum absolute atomic E-state index is 13.7. The minimum atomic E-state index is -0.516. The van der Waals surface area contributed by atoms with E-state index in [4.69, 9.17) is 0 Å². The standard InChI is InChI=1S/C13H18BrFN2O/c1-3-17(4-2)9-8-16-13(18)10-6-5-7-11(14)12(10)15/h5-7H,3-4,8-9H2,1-2H3,(H,16,18). The van der Waals surface area contributed by atoms with Crippen LogP contribution < -0.4 is 5.32 Å². The van der Waals surface area contributed by atoms with Crippen LogP contribution in [-0.2, 0) is 0 Å². The number of benzene rings is 1. The molecule has 0 fully saturated rings. The quantitative estimate of drug-likeness (QED) is 0.875. The number of amides is 1. The molecule has 0 aliphatic carbocycles. The van der Waals surface area contributed by atoms with E-state index in [2.05, 4.69) is 40.0 Å². The maximum Gasteiger partial charge on any atom is 0.254 e. The number of hydrogen-bond acceptors (Lipinski definition) is 2. The van der Waals surface area contributed by atoms with Crippen molar-refractivity contribution in [1.29, 1.82) is 0 Å². The first-order valence-electron chi connectivity index (χ1n) is 6.04. The minimum absolute atomic E-state index is 0.0731. The van der Waals surface area contributed by atoms with Crippen LogP contribution in [0, 0.1) is 5.82 Å². The topological polar surface area (TPSA) is 32.3 Å². The van der Waals surface area contributed by atoms with E-state index in [0.29, 0.717) is 11.0 Å². The van der Waals surface area contributed by atoms with E-state index in [1.54, 1.807) is 12.1 Å². The first-order chi connectivity index (χ1) is 8.60. The van der Waals surface area contributed by atoms with Crippen molar-refractivity contribution in [3.8, 4) is 0 Å². The molecule has 18 heavy (non-hydrogen) atoms. The van der Waals surface area contributed by atoms with Crippen LogP contribution in [0.2, 0.25) is 0 Å². The number of carbonyl (C=O) groups excluding carboxylic acids is 1.